The monoisotopic (exact) mass is 405 g/mol. The number of anilines is 1. The van der Waals surface area contributed by atoms with Gasteiger partial charge in [-0.2, -0.15) is 0 Å². The van der Waals surface area contributed by atoms with Crippen molar-refractivity contribution < 1.29 is 23.9 Å². The van der Waals surface area contributed by atoms with Gasteiger partial charge in [-0.25, -0.2) is 4.79 Å². The number of esters is 1. The van der Waals surface area contributed by atoms with E-state index in [4.69, 9.17) is 21.1 Å². The highest BCUT2D eigenvalue weighted by molar-refractivity contribution is 6.30. The van der Waals surface area contributed by atoms with E-state index < -0.39 is 10.9 Å². The van der Waals surface area contributed by atoms with E-state index in [9.17, 15) is 14.9 Å². The SMILES string of the molecule is COC=C(OC1=CC=C(Cl)CC1=C=NNc1ccc([N+](=O)[O-])cc1)C(=O)OC. The number of nitro benzene ring substituents is 1. The number of ether oxygens (including phenoxy) is 3. The van der Waals surface area contributed by atoms with Crippen molar-refractivity contribution in [1.82, 2.24) is 0 Å². The normalized spacial score (nSPS) is 13.5. The van der Waals surface area contributed by atoms with Crippen molar-refractivity contribution in [3.05, 3.63) is 74.9 Å². The molecule has 1 N–H and O–H groups in total. The number of nitrogens with one attached hydrogen (secondary N) is 1. The average molecular weight is 406 g/mol. The lowest BCUT2D eigenvalue weighted by molar-refractivity contribution is -0.384. The fourth-order valence-corrected chi connectivity index (χ4v) is 2.23. The van der Waals surface area contributed by atoms with Crippen LogP contribution in [0.2, 0.25) is 0 Å². The number of halogens is 1. The lowest BCUT2D eigenvalue weighted by atomic mass is 10.1. The summed E-state index contributed by atoms with van der Waals surface area (Å²) in [5, 5.41) is 15.2. The van der Waals surface area contributed by atoms with E-state index in [0.29, 0.717) is 16.3 Å². The van der Waals surface area contributed by atoms with Gasteiger partial charge >= 0.3 is 5.97 Å². The van der Waals surface area contributed by atoms with E-state index in [2.05, 4.69) is 21.1 Å². The molecule has 0 saturated heterocycles. The zero-order chi connectivity index (χ0) is 20.5. The molecule has 0 saturated carbocycles. The van der Waals surface area contributed by atoms with E-state index in [1.54, 1.807) is 12.2 Å². The first-order valence-corrected chi connectivity index (χ1v) is 8.20. The number of carbonyl (C=O) groups excluding carboxylic acids is 1. The second-order valence-electron chi connectivity index (χ2n) is 5.25. The van der Waals surface area contributed by atoms with Crippen LogP contribution in [0.4, 0.5) is 11.4 Å². The Morgan fingerprint density at radius 2 is 2.04 bits per heavy atom. The second-order valence-corrected chi connectivity index (χ2v) is 5.74. The Bertz CT molecular complexity index is 912. The van der Waals surface area contributed by atoms with Gasteiger partial charge in [0.05, 0.1) is 30.4 Å². The van der Waals surface area contributed by atoms with Gasteiger partial charge in [0.15, 0.2) is 0 Å². The number of carbonyl (C=O) groups is 1. The van der Waals surface area contributed by atoms with Crippen molar-refractivity contribution in [2.45, 2.75) is 6.42 Å². The molecule has 1 aromatic carbocycles. The Hall–Kier alpha value is -3.55. The minimum Gasteiger partial charge on any atom is -0.500 e. The Morgan fingerprint density at radius 1 is 1.32 bits per heavy atom. The Morgan fingerprint density at radius 3 is 2.64 bits per heavy atom. The van der Waals surface area contributed by atoms with Crippen molar-refractivity contribution in [3.8, 4) is 0 Å². The smallest absolute Gasteiger partial charge is 0.377 e. The molecule has 0 atom stereocenters. The first-order chi connectivity index (χ1) is 13.4. The molecule has 1 aliphatic rings. The Kier molecular flexibility index (Phi) is 7.38. The summed E-state index contributed by atoms with van der Waals surface area (Å²) in [6.45, 7) is 0. The van der Waals surface area contributed by atoms with Crippen LogP contribution in [0.3, 0.4) is 0 Å². The largest absolute Gasteiger partial charge is 0.500 e. The molecule has 1 aliphatic carbocycles. The zero-order valence-corrected chi connectivity index (χ0v) is 15.7. The van der Waals surface area contributed by atoms with E-state index in [1.165, 1.54) is 38.5 Å². The quantitative estimate of drug-likeness (QED) is 0.184. The average Bonchev–Trinajstić information content (AvgIpc) is 2.69. The van der Waals surface area contributed by atoms with Crippen molar-refractivity contribution in [2.24, 2.45) is 5.10 Å². The van der Waals surface area contributed by atoms with E-state index in [0.717, 1.165) is 6.26 Å². The molecule has 1 aromatic rings. The van der Waals surface area contributed by atoms with Gasteiger partial charge in [0.25, 0.3) is 5.69 Å². The molecule has 0 aliphatic heterocycles. The molecule has 0 heterocycles. The topological polar surface area (TPSA) is 112 Å². The molecule has 0 fully saturated rings. The van der Waals surface area contributed by atoms with Gasteiger partial charge in [-0.1, -0.05) is 11.6 Å². The summed E-state index contributed by atoms with van der Waals surface area (Å²) in [4.78, 5) is 21.9. The molecular weight excluding hydrogens is 390 g/mol. The van der Waals surface area contributed by atoms with Gasteiger partial charge in [-0.05, 0) is 24.3 Å². The molecular formula is C18H16ClN3O6. The predicted molar refractivity (Wildman–Crippen MR) is 102 cm³/mol. The third-order valence-electron chi connectivity index (χ3n) is 3.34. The van der Waals surface area contributed by atoms with Gasteiger partial charge < -0.3 is 14.2 Å². The van der Waals surface area contributed by atoms with E-state index in [-0.39, 0.29) is 23.6 Å². The second kappa shape index (κ2) is 9.96. The summed E-state index contributed by atoms with van der Waals surface area (Å²) in [6.07, 6.45) is 4.56. The molecule has 0 amide bonds. The summed E-state index contributed by atoms with van der Waals surface area (Å²) in [5.41, 5.74) is 3.66. The highest BCUT2D eigenvalue weighted by Gasteiger charge is 2.19. The van der Waals surface area contributed by atoms with Gasteiger partial charge in [0, 0.05) is 29.5 Å². The van der Waals surface area contributed by atoms with E-state index >= 15 is 0 Å². The van der Waals surface area contributed by atoms with Crippen LogP contribution in [0.15, 0.2) is 69.9 Å². The summed E-state index contributed by atoms with van der Waals surface area (Å²) >= 11 is 6.05. The van der Waals surface area contributed by atoms with Crippen LogP contribution in [-0.4, -0.2) is 31.0 Å². The van der Waals surface area contributed by atoms with Crippen LogP contribution in [0.5, 0.6) is 0 Å². The number of allylic oxidation sites excluding steroid dienone is 4. The van der Waals surface area contributed by atoms with Gasteiger partial charge in [-0.3, -0.25) is 15.5 Å². The fourth-order valence-electron chi connectivity index (χ4n) is 2.03. The maximum Gasteiger partial charge on any atom is 0.377 e. The molecule has 9 nitrogen and oxygen atoms in total. The number of hydrazone groups is 1. The van der Waals surface area contributed by atoms with Crippen LogP contribution < -0.4 is 5.43 Å². The van der Waals surface area contributed by atoms with Crippen LogP contribution in [-0.2, 0) is 19.0 Å². The number of benzene rings is 1. The van der Waals surface area contributed by atoms with Crippen LogP contribution >= 0.6 is 11.6 Å². The number of hydrogen-bond donors (Lipinski definition) is 1. The number of rotatable bonds is 7. The summed E-state index contributed by atoms with van der Waals surface area (Å²) in [6, 6.07) is 5.70. The number of non-ortho nitro benzene ring substituents is 1. The molecule has 28 heavy (non-hydrogen) atoms. The lowest BCUT2D eigenvalue weighted by Crippen LogP contribution is -2.11. The first-order valence-electron chi connectivity index (χ1n) is 7.82. The minimum atomic E-state index is -0.719. The van der Waals surface area contributed by atoms with Crippen molar-refractivity contribution >= 4 is 34.8 Å². The number of nitro groups is 1. The lowest BCUT2D eigenvalue weighted by Gasteiger charge is -2.15. The highest BCUT2D eigenvalue weighted by atomic mass is 35.5. The van der Waals surface area contributed by atoms with Gasteiger partial charge in [-0.15, -0.1) is 5.10 Å². The van der Waals surface area contributed by atoms with Crippen LogP contribution in [0.25, 0.3) is 0 Å². The van der Waals surface area contributed by atoms with Crippen LogP contribution in [0, 0.1) is 10.1 Å². The summed E-state index contributed by atoms with van der Waals surface area (Å²) in [5.74, 6) is 2.15. The Labute approximate surface area is 165 Å². The molecule has 0 radical (unpaired) electrons. The maximum atomic E-state index is 11.7. The summed E-state index contributed by atoms with van der Waals surface area (Å²) in [7, 11) is 2.58. The fraction of sp³-hybridized carbons (Fsp3) is 0.167. The predicted octanol–water partition coefficient (Wildman–Crippen LogP) is 3.61. The Balaban J connectivity index is 2.21. The number of methoxy groups -OCH3 is 2. The highest BCUT2D eigenvalue weighted by Crippen LogP contribution is 2.27. The van der Waals surface area contributed by atoms with Gasteiger partial charge in [0.1, 0.15) is 12.0 Å². The molecule has 146 valence electrons. The number of hydrogen-bond acceptors (Lipinski definition) is 8. The molecule has 0 aromatic heterocycles. The number of nitrogens with zero attached hydrogens (tertiary/aromatic N) is 2. The first kappa shape index (κ1) is 20.8. The summed E-state index contributed by atoms with van der Waals surface area (Å²) < 4.78 is 15.0. The van der Waals surface area contributed by atoms with Crippen molar-refractivity contribution in [3.63, 3.8) is 0 Å². The zero-order valence-electron chi connectivity index (χ0n) is 15.0. The standard InChI is InChI=1S/C18H16ClN3O6/c1-26-11-17(18(23)27-2)28-16-8-3-13(19)9-12(16)10-20-21-14-4-6-15(7-5-14)22(24)25/h3-8,11,21H,9H2,1-2H3. The maximum absolute atomic E-state index is 11.7. The van der Waals surface area contributed by atoms with Crippen molar-refractivity contribution in [1.29, 1.82) is 0 Å². The van der Waals surface area contributed by atoms with Crippen LogP contribution in [0.1, 0.15) is 6.42 Å². The van der Waals surface area contributed by atoms with Crippen molar-refractivity contribution in [2.75, 3.05) is 19.6 Å². The third-order valence-corrected chi connectivity index (χ3v) is 3.60. The molecule has 10 heteroatoms. The third kappa shape index (κ3) is 5.73. The molecule has 0 bridgehead atoms. The molecule has 0 spiro atoms. The molecule has 2 rings (SSSR count). The van der Waals surface area contributed by atoms with E-state index in [1.807, 2.05) is 0 Å². The molecule has 0 unspecified atom stereocenters. The minimum absolute atomic E-state index is 0.0315. The van der Waals surface area contributed by atoms with Gasteiger partial charge in [0.2, 0.25) is 5.76 Å².